The van der Waals surface area contributed by atoms with Crippen molar-refractivity contribution in [3.8, 4) is 5.75 Å². The first-order valence-electron chi connectivity index (χ1n) is 11.9. The summed E-state index contributed by atoms with van der Waals surface area (Å²) >= 11 is 0. The van der Waals surface area contributed by atoms with Crippen LogP contribution in [0.15, 0.2) is 54.6 Å². The molecule has 0 bridgehead atoms. The minimum absolute atomic E-state index is 0.0247. The smallest absolute Gasteiger partial charge is 0.321 e. The molecule has 2 aromatic carbocycles. The SMILES string of the molecule is COc1ccc(CCN2CCN(C(=O)C3CCN(C(=O)Nc4ccccc4)CC3)CC2)cc1. The number of piperazine rings is 1. The number of rotatable bonds is 6. The number of ether oxygens (including phenoxy) is 1. The molecular formula is C26H34N4O3. The number of nitrogens with one attached hydrogen (secondary N) is 1. The number of benzene rings is 2. The van der Waals surface area contributed by atoms with Crippen LogP contribution in [0.1, 0.15) is 18.4 Å². The number of urea groups is 1. The normalized spacial score (nSPS) is 17.6. The van der Waals surface area contributed by atoms with Crippen LogP contribution in [0.25, 0.3) is 0 Å². The number of carbonyl (C=O) groups excluding carboxylic acids is 2. The molecule has 0 unspecified atom stereocenters. The van der Waals surface area contributed by atoms with E-state index in [0.29, 0.717) is 13.1 Å². The predicted octanol–water partition coefficient (Wildman–Crippen LogP) is 3.33. The Hall–Kier alpha value is -3.06. The van der Waals surface area contributed by atoms with Crippen molar-refractivity contribution in [2.45, 2.75) is 19.3 Å². The van der Waals surface area contributed by atoms with Gasteiger partial charge in [-0.05, 0) is 49.1 Å². The van der Waals surface area contributed by atoms with Crippen LogP contribution < -0.4 is 10.1 Å². The van der Waals surface area contributed by atoms with Crippen molar-refractivity contribution >= 4 is 17.6 Å². The molecule has 0 radical (unpaired) electrons. The fourth-order valence-electron chi connectivity index (χ4n) is 4.58. The first-order chi connectivity index (χ1) is 16.1. The molecule has 7 nitrogen and oxygen atoms in total. The largest absolute Gasteiger partial charge is 0.497 e. The summed E-state index contributed by atoms with van der Waals surface area (Å²) in [6, 6.07) is 17.6. The second kappa shape index (κ2) is 11.2. The Labute approximate surface area is 196 Å². The minimum Gasteiger partial charge on any atom is -0.497 e. The summed E-state index contributed by atoms with van der Waals surface area (Å²) in [5.41, 5.74) is 2.10. The number of carbonyl (C=O) groups is 2. The first-order valence-corrected chi connectivity index (χ1v) is 11.9. The highest BCUT2D eigenvalue weighted by Gasteiger charge is 2.31. The number of hydrogen-bond donors (Lipinski definition) is 1. The van der Waals surface area contributed by atoms with Gasteiger partial charge in [-0.3, -0.25) is 9.69 Å². The molecule has 33 heavy (non-hydrogen) atoms. The molecule has 0 atom stereocenters. The van der Waals surface area contributed by atoms with Crippen molar-refractivity contribution in [1.29, 1.82) is 0 Å². The van der Waals surface area contributed by atoms with Crippen LogP contribution >= 0.6 is 0 Å². The molecular weight excluding hydrogens is 416 g/mol. The third-order valence-corrected chi connectivity index (χ3v) is 6.72. The van der Waals surface area contributed by atoms with Crippen molar-refractivity contribution in [3.05, 3.63) is 60.2 Å². The van der Waals surface area contributed by atoms with E-state index in [0.717, 1.165) is 63.4 Å². The van der Waals surface area contributed by atoms with Crippen LogP contribution in [0.5, 0.6) is 5.75 Å². The molecule has 7 heteroatoms. The van der Waals surface area contributed by atoms with Gasteiger partial charge in [0.1, 0.15) is 5.75 Å². The van der Waals surface area contributed by atoms with E-state index in [-0.39, 0.29) is 17.9 Å². The number of nitrogens with zero attached hydrogens (tertiary/aromatic N) is 3. The summed E-state index contributed by atoms with van der Waals surface area (Å²) < 4.78 is 5.22. The Morgan fingerprint density at radius 3 is 2.18 bits per heavy atom. The molecule has 0 aromatic heterocycles. The lowest BCUT2D eigenvalue weighted by Gasteiger charge is -2.38. The average Bonchev–Trinajstić information content (AvgIpc) is 2.88. The summed E-state index contributed by atoms with van der Waals surface area (Å²) in [5, 5.41) is 2.93. The van der Waals surface area contributed by atoms with Gasteiger partial charge >= 0.3 is 6.03 Å². The molecule has 1 N–H and O–H groups in total. The van der Waals surface area contributed by atoms with E-state index in [9.17, 15) is 9.59 Å². The monoisotopic (exact) mass is 450 g/mol. The molecule has 2 fully saturated rings. The van der Waals surface area contributed by atoms with Crippen molar-refractivity contribution in [3.63, 3.8) is 0 Å². The highest BCUT2D eigenvalue weighted by molar-refractivity contribution is 5.89. The van der Waals surface area contributed by atoms with E-state index >= 15 is 0 Å². The first kappa shape index (κ1) is 23.1. The number of anilines is 1. The van der Waals surface area contributed by atoms with Gasteiger partial charge in [0, 0.05) is 57.4 Å². The number of para-hydroxylation sites is 1. The number of hydrogen-bond acceptors (Lipinski definition) is 4. The lowest BCUT2D eigenvalue weighted by Crippen LogP contribution is -2.52. The van der Waals surface area contributed by atoms with Gasteiger partial charge in [0.15, 0.2) is 0 Å². The number of likely N-dealkylation sites (tertiary alicyclic amines) is 1. The van der Waals surface area contributed by atoms with Crippen LogP contribution in [0, 0.1) is 5.92 Å². The molecule has 2 aliphatic heterocycles. The van der Waals surface area contributed by atoms with Gasteiger partial charge in [-0.2, -0.15) is 0 Å². The van der Waals surface area contributed by atoms with E-state index in [1.54, 1.807) is 7.11 Å². The Kier molecular flexibility index (Phi) is 7.83. The maximum absolute atomic E-state index is 13.0. The zero-order chi connectivity index (χ0) is 23.0. The van der Waals surface area contributed by atoms with Crippen molar-refractivity contribution in [2.75, 3.05) is 58.2 Å². The Balaban J connectivity index is 1.16. The van der Waals surface area contributed by atoms with Crippen molar-refractivity contribution in [2.24, 2.45) is 5.92 Å². The van der Waals surface area contributed by atoms with E-state index in [1.165, 1.54) is 5.56 Å². The molecule has 2 aliphatic rings. The van der Waals surface area contributed by atoms with Crippen LogP contribution in [0.4, 0.5) is 10.5 Å². The van der Waals surface area contributed by atoms with Crippen LogP contribution in [-0.2, 0) is 11.2 Å². The highest BCUT2D eigenvalue weighted by Crippen LogP contribution is 2.22. The molecule has 176 valence electrons. The topological polar surface area (TPSA) is 65.1 Å². The Morgan fingerprint density at radius 2 is 1.55 bits per heavy atom. The van der Waals surface area contributed by atoms with Crippen molar-refractivity contribution in [1.82, 2.24) is 14.7 Å². The van der Waals surface area contributed by atoms with Crippen molar-refractivity contribution < 1.29 is 14.3 Å². The van der Waals surface area contributed by atoms with E-state index < -0.39 is 0 Å². The maximum Gasteiger partial charge on any atom is 0.321 e. The third-order valence-electron chi connectivity index (χ3n) is 6.72. The summed E-state index contributed by atoms with van der Waals surface area (Å²) in [5.74, 6) is 1.16. The van der Waals surface area contributed by atoms with Gasteiger partial charge < -0.3 is 19.9 Å². The molecule has 0 spiro atoms. The number of amides is 3. The second-order valence-electron chi connectivity index (χ2n) is 8.82. The zero-order valence-electron chi connectivity index (χ0n) is 19.4. The van der Waals surface area contributed by atoms with Gasteiger partial charge in [0.25, 0.3) is 0 Å². The average molecular weight is 451 g/mol. The quantitative estimate of drug-likeness (QED) is 0.733. The predicted molar refractivity (Wildman–Crippen MR) is 129 cm³/mol. The minimum atomic E-state index is -0.0856. The summed E-state index contributed by atoms with van der Waals surface area (Å²) in [6.45, 7) is 5.66. The molecule has 2 heterocycles. The van der Waals surface area contributed by atoms with Gasteiger partial charge in [0.05, 0.1) is 7.11 Å². The summed E-state index contributed by atoms with van der Waals surface area (Å²) in [7, 11) is 1.68. The van der Waals surface area contributed by atoms with Crippen LogP contribution in [-0.4, -0.2) is 79.6 Å². The molecule has 0 saturated carbocycles. The Bertz CT molecular complexity index is 903. The Morgan fingerprint density at radius 1 is 0.879 bits per heavy atom. The second-order valence-corrected chi connectivity index (χ2v) is 8.82. The fraction of sp³-hybridized carbons (Fsp3) is 0.462. The van der Waals surface area contributed by atoms with E-state index in [2.05, 4.69) is 22.3 Å². The van der Waals surface area contributed by atoms with Gasteiger partial charge in [-0.25, -0.2) is 4.79 Å². The number of piperidine rings is 1. The van der Waals surface area contributed by atoms with Gasteiger partial charge in [-0.1, -0.05) is 30.3 Å². The molecule has 3 amide bonds. The summed E-state index contributed by atoms with van der Waals surface area (Å²) in [4.78, 5) is 31.8. The maximum atomic E-state index is 13.0. The van der Waals surface area contributed by atoms with Gasteiger partial charge in [0.2, 0.25) is 5.91 Å². The van der Waals surface area contributed by atoms with Crippen LogP contribution in [0.3, 0.4) is 0 Å². The molecule has 4 rings (SSSR count). The standard InChI is InChI=1S/C26H34N4O3/c1-33-24-9-7-21(8-10-24)11-14-28-17-19-29(20-18-28)25(31)22-12-15-30(16-13-22)26(32)27-23-5-3-2-4-6-23/h2-10,22H,11-20H2,1H3,(H,27,32). The molecule has 0 aliphatic carbocycles. The zero-order valence-corrected chi connectivity index (χ0v) is 19.4. The lowest BCUT2D eigenvalue weighted by atomic mass is 9.95. The molecule has 2 saturated heterocycles. The van der Waals surface area contributed by atoms with E-state index in [1.807, 2.05) is 52.3 Å². The summed E-state index contributed by atoms with van der Waals surface area (Å²) in [6.07, 6.45) is 2.47. The number of methoxy groups -OCH3 is 1. The lowest BCUT2D eigenvalue weighted by molar-refractivity contribution is -0.138. The van der Waals surface area contributed by atoms with Crippen LogP contribution in [0.2, 0.25) is 0 Å². The molecule has 2 aromatic rings. The van der Waals surface area contributed by atoms with Gasteiger partial charge in [-0.15, -0.1) is 0 Å². The fourth-order valence-corrected chi connectivity index (χ4v) is 4.58. The van der Waals surface area contributed by atoms with E-state index in [4.69, 9.17) is 4.74 Å². The highest BCUT2D eigenvalue weighted by atomic mass is 16.5. The third kappa shape index (κ3) is 6.26.